The van der Waals surface area contributed by atoms with Crippen LogP contribution < -0.4 is 0 Å². The Hall–Kier alpha value is -1.82. The first-order chi connectivity index (χ1) is 15.6. The summed E-state index contributed by atoms with van der Waals surface area (Å²) >= 11 is 1.37. The van der Waals surface area contributed by atoms with Crippen molar-refractivity contribution in [1.82, 2.24) is 0 Å². The van der Waals surface area contributed by atoms with E-state index in [-0.39, 0.29) is 24.9 Å². The van der Waals surface area contributed by atoms with Gasteiger partial charge in [0.25, 0.3) is 0 Å². The van der Waals surface area contributed by atoms with Crippen molar-refractivity contribution in [3.63, 3.8) is 0 Å². The molecule has 2 rings (SSSR count). The monoisotopic (exact) mass is 492 g/mol. The third kappa shape index (κ3) is 16.4. The molecule has 4 nitrogen and oxygen atoms in total. The van der Waals surface area contributed by atoms with Gasteiger partial charge in [0, 0.05) is 12.0 Å². The van der Waals surface area contributed by atoms with E-state index in [2.05, 4.69) is 19.8 Å². The summed E-state index contributed by atoms with van der Waals surface area (Å²) in [5.41, 5.74) is 0. The number of aromatic carboxylic acids is 1. The normalized spacial score (nSPS) is 18.2. The first-order valence-corrected chi connectivity index (χ1v) is 12.0. The minimum Gasteiger partial charge on any atom is -0.477 e. The highest BCUT2D eigenvalue weighted by atomic mass is 32.1. The molecule has 1 aliphatic rings. The minimum atomic E-state index is -4.01. The maximum absolute atomic E-state index is 12.5. The Morgan fingerprint density at radius 2 is 1.88 bits per heavy atom. The lowest BCUT2D eigenvalue weighted by Gasteiger charge is -2.13. The molecule has 33 heavy (non-hydrogen) atoms. The molecule has 0 aromatic carbocycles. The number of aliphatic hydroxyl groups excluding tert-OH is 2. The molecule has 190 valence electrons. The molecular weight excluding hydrogens is 453 g/mol. The van der Waals surface area contributed by atoms with Crippen molar-refractivity contribution in [1.29, 1.82) is 0 Å². The summed E-state index contributed by atoms with van der Waals surface area (Å²) in [7, 11) is 1.00. The van der Waals surface area contributed by atoms with Crippen LogP contribution in [0.15, 0.2) is 24.3 Å². The summed E-state index contributed by atoms with van der Waals surface area (Å²) in [4.78, 5) is 12.0. The second-order valence-corrected chi connectivity index (χ2v) is 8.86. The van der Waals surface area contributed by atoms with Crippen molar-refractivity contribution in [3.8, 4) is 12.8 Å². The molecule has 0 bridgehead atoms. The van der Waals surface area contributed by atoms with Crippen LogP contribution in [0.2, 0.25) is 0 Å². The summed E-state index contributed by atoms with van der Waals surface area (Å²) < 4.78 is 37.4. The molecule has 0 aliphatic heterocycles. The Kier molecular flexibility index (Phi) is 19.8. The summed E-state index contributed by atoms with van der Waals surface area (Å²) in [6.07, 6.45) is 14.6. The summed E-state index contributed by atoms with van der Waals surface area (Å²) in [5, 5.41) is 24.6. The summed E-state index contributed by atoms with van der Waals surface area (Å²) in [5.74, 6) is -1.81. The van der Waals surface area contributed by atoms with E-state index in [0.29, 0.717) is 11.3 Å². The third-order valence-electron chi connectivity index (χ3n) is 4.96. The lowest BCUT2D eigenvalue weighted by Crippen LogP contribution is -2.19. The number of carbonyl (C=O) groups is 1. The maximum Gasteiger partial charge on any atom is 0.391 e. The largest absolute Gasteiger partial charge is 0.477 e. The number of hydrogen-bond acceptors (Lipinski definition) is 4. The number of allylic oxidation sites excluding steroid dienone is 2. The second kappa shape index (κ2) is 19.6. The smallest absolute Gasteiger partial charge is 0.391 e. The number of aliphatic hydroxyl groups is 2. The van der Waals surface area contributed by atoms with Crippen molar-refractivity contribution >= 4 is 17.3 Å². The van der Waals surface area contributed by atoms with E-state index in [4.69, 9.17) is 15.3 Å². The standard InChI is InChI=1S/C14H23F3O.C8H10O2S.C2H2.CH4O/c1-11(18)6-4-2-3-5-7-12-8-9-13(10-12)14(15,16)17;1-2-3-6-4-5-7(11-6)8(9)10;2*1-2/h5,7,11-13,18H,2-4,6,8-10H2,1H3;4-5H,2-3H2,1H3,(H,9,10);1-2H;2H,1H3/b7-5+;;;/t11-,12+,13-;;;/m1.../s1. The fourth-order valence-electron chi connectivity index (χ4n) is 3.35. The van der Waals surface area contributed by atoms with Crippen molar-refractivity contribution in [3.05, 3.63) is 34.0 Å². The fourth-order valence-corrected chi connectivity index (χ4v) is 4.30. The molecule has 1 fully saturated rings. The number of halogens is 3. The van der Waals surface area contributed by atoms with E-state index in [1.807, 2.05) is 18.2 Å². The zero-order valence-electron chi connectivity index (χ0n) is 19.9. The van der Waals surface area contributed by atoms with Crippen LogP contribution >= 0.6 is 11.3 Å². The molecule has 1 aliphatic carbocycles. The molecule has 1 aromatic heterocycles. The Bertz CT molecular complexity index is 666. The number of alkyl halides is 3. The molecule has 1 saturated carbocycles. The minimum absolute atomic E-state index is 0.105. The quantitative estimate of drug-likeness (QED) is 0.203. The average Bonchev–Trinajstić information content (AvgIpc) is 3.44. The van der Waals surface area contributed by atoms with Gasteiger partial charge in [-0.3, -0.25) is 0 Å². The second-order valence-electron chi connectivity index (χ2n) is 7.69. The molecule has 0 saturated heterocycles. The predicted molar refractivity (Wildman–Crippen MR) is 129 cm³/mol. The molecule has 1 heterocycles. The van der Waals surface area contributed by atoms with Crippen LogP contribution in [0.1, 0.15) is 79.8 Å². The highest BCUT2D eigenvalue weighted by Gasteiger charge is 2.43. The molecule has 0 spiro atoms. The molecule has 0 amide bonds. The van der Waals surface area contributed by atoms with Crippen LogP contribution in [0.4, 0.5) is 13.2 Å². The Balaban J connectivity index is 0. The highest BCUT2D eigenvalue weighted by molar-refractivity contribution is 7.13. The van der Waals surface area contributed by atoms with E-state index in [0.717, 1.165) is 50.5 Å². The van der Waals surface area contributed by atoms with Crippen molar-refractivity contribution in [2.45, 2.75) is 83.9 Å². The Morgan fingerprint density at radius 1 is 1.24 bits per heavy atom. The number of rotatable bonds is 9. The molecule has 8 heteroatoms. The summed E-state index contributed by atoms with van der Waals surface area (Å²) in [6.45, 7) is 3.85. The van der Waals surface area contributed by atoms with Gasteiger partial charge in [0.1, 0.15) is 4.88 Å². The van der Waals surface area contributed by atoms with Crippen LogP contribution in [0.5, 0.6) is 0 Å². The lowest BCUT2D eigenvalue weighted by atomic mass is 10.0. The molecular formula is C25H39F3O4S. The van der Waals surface area contributed by atoms with Crippen molar-refractivity contribution in [2.75, 3.05) is 7.11 Å². The van der Waals surface area contributed by atoms with Gasteiger partial charge in [-0.1, -0.05) is 31.9 Å². The van der Waals surface area contributed by atoms with E-state index in [1.165, 1.54) is 11.3 Å². The fraction of sp³-hybridized carbons (Fsp3) is 0.640. The number of unbranched alkanes of at least 4 members (excludes halogenated alkanes) is 2. The van der Waals surface area contributed by atoms with E-state index in [1.54, 1.807) is 13.0 Å². The van der Waals surface area contributed by atoms with Crippen LogP contribution in [-0.2, 0) is 6.42 Å². The van der Waals surface area contributed by atoms with Crippen LogP contribution in [0, 0.1) is 24.7 Å². The predicted octanol–water partition coefficient (Wildman–Crippen LogP) is 6.72. The third-order valence-corrected chi connectivity index (χ3v) is 6.09. The first kappa shape index (κ1) is 33.4. The number of carboxylic acids is 1. The van der Waals surface area contributed by atoms with Gasteiger partial charge in [0.2, 0.25) is 0 Å². The van der Waals surface area contributed by atoms with Gasteiger partial charge in [0.15, 0.2) is 0 Å². The highest BCUT2D eigenvalue weighted by Crippen LogP contribution is 2.42. The van der Waals surface area contributed by atoms with E-state index < -0.39 is 18.1 Å². The van der Waals surface area contributed by atoms with Gasteiger partial charge >= 0.3 is 12.1 Å². The average molecular weight is 493 g/mol. The number of hydrogen-bond donors (Lipinski definition) is 3. The number of aryl methyl sites for hydroxylation is 1. The van der Waals surface area contributed by atoms with E-state index in [9.17, 15) is 18.0 Å². The van der Waals surface area contributed by atoms with E-state index >= 15 is 0 Å². The molecule has 0 unspecified atom stereocenters. The van der Waals surface area contributed by atoms with Gasteiger partial charge in [-0.05, 0) is 69.9 Å². The van der Waals surface area contributed by atoms with Gasteiger partial charge in [-0.2, -0.15) is 13.2 Å². The molecule has 1 aromatic rings. The van der Waals surface area contributed by atoms with Crippen molar-refractivity contribution in [2.24, 2.45) is 11.8 Å². The van der Waals surface area contributed by atoms with Crippen LogP contribution in [0.25, 0.3) is 0 Å². The summed E-state index contributed by atoms with van der Waals surface area (Å²) in [6, 6.07) is 3.55. The number of terminal acetylenes is 1. The number of thiophene rings is 1. The van der Waals surface area contributed by atoms with Gasteiger partial charge in [-0.15, -0.1) is 24.2 Å². The van der Waals surface area contributed by atoms with Gasteiger partial charge in [0.05, 0.1) is 12.0 Å². The Morgan fingerprint density at radius 3 is 2.33 bits per heavy atom. The zero-order valence-corrected chi connectivity index (χ0v) is 20.7. The van der Waals surface area contributed by atoms with Crippen LogP contribution in [-0.4, -0.2) is 40.7 Å². The van der Waals surface area contributed by atoms with Gasteiger partial charge in [-0.25, -0.2) is 4.79 Å². The number of carboxylic acid groups (broad SMARTS) is 1. The Labute approximate surface area is 200 Å². The van der Waals surface area contributed by atoms with Crippen molar-refractivity contribution < 1.29 is 33.3 Å². The lowest BCUT2D eigenvalue weighted by molar-refractivity contribution is -0.172. The maximum atomic E-state index is 12.5. The molecule has 3 atom stereocenters. The van der Waals surface area contributed by atoms with Crippen LogP contribution in [0.3, 0.4) is 0 Å². The molecule has 3 N–H and O–H groups in total. The topological polar surface area (TPSA) is 77.8 Å². The molecule has 0 radical (unpaired) electrons. The SMILES string of the molecule is C#C.CCCc1ccc(C(=O)O)s1.CO.C[C@@H](O)CCCC/C=C/[C@H]1CC[C@@H](C(F)(F)F)C1. The zero-order chi connectivity index (χ0) is 25.9. The van der Waals surface area contributed by atoms with Gasteiger partial charge < -0.3 is 15.3 Å². The first-order valence-electron chi connectivity index (χ1n) is 11.1.